The maximum atomic E-state index is 10.7. The van der Waals surface area contributed by atoms with Gasteiger partial charge in [0.15, 0.2) is 0 Å². The largest absolute Gasteiger partial charge is 0.317 e. The Balaban J connectivity index is 2.55. The summed E-state index contributed by atoms with van der Waals surface area (Å²) < 4.78 is 2.09. The van der Waals surface area contributed by atoms with Crippen molar-refractivity contribution < 1.29 is 4.79 Å². The summed E-state index contributed by atoms with van der Waals surface area (Å²) in [5.74, 6) is 0. The lowest BCUT2D eigenvalue weighted by Gasteiger charge is -2.06. The highest BCUT2D eigenvalue weighted by molar-refractivity contribution is 5.90. The van der Waals surface area contributed by atoms with Crippen LogP contribution in [-0.2, 0) is 0 Å². The predicted molar refractivity (Wildman–Crippen MR) is 76.6 cm³/mol. The summed E-state index contributed by atoms with van der Waals surface area (Å²) in [6, 6.07) is 7.69. The Morgan fingerprint density at radius 2 is 2.17 bits per heavy atom. The Hall–Kier alpha value is -2.35. The van der Waals surface area contributed by atoms with Crippen LogP contribution in [0.2, 0.25) is 0 Å². The molecule has 0 aliphatic heterocycles. The number of fused-ring (bicyclic) bond motifs is 1. The summed E-state index contributed by atoms with van der Waals surface area (Å²) >= 11 is 0. The molecule has 2 heteroatoms. The van der Waals surface area contributed by atoms with E-state index < -0.39 is 0 Å². The Labute approximate surface area is 107 Å². The number of aromatic nitrogens is 1. The van der Waals surface area contributed by atoms with Crippen LogP contribution in [0.3, 0.4) is 0 Å². The summed E-state index contributed by atoms with van der Waals surface area (Å²) in [4.78, 5) is 10.7. The first kappa shape index (κ1) is 12.1. The van der Waals surface area contributed by atoms with Crippen molar-refractivity contribution in [1.82, 2.24) is 4.57 Å². The van der Waals surface area contributed by atoms with Gasteiger partial charge in [-0.25, -0.2) is 0 Å². The number of rotatable bonds is 4. The van der Waals surface area contributed by atoms with E-state index in [4.69, 9.17) is 0 Å². The Morgan fingerprint density at radius 3 is 2.83 bits per heavy atom. The summed E-state index contributed by atoms with van der Waals surface area (Å²) in [5.41, 5.74) is 2.86. The summed E-state index contributed by atoms with van der Waals surface area (Å²) in [6.45, 7) is 5.67. The van der Waals surface area contributed by atoms with Crippen LogP contribution in [0.15, 0.2) is 61.3 Å². The second kappa shape index (κ2) is 5.32. The van der Waals surface area contributed by atoms with Crippen molar-refractivity contribution in [2.75, 3.05) is 0 Å². The van der Waals surface area contributed by atoms with Gasteiger partial charge >= 0.3 is 0 Å². The van der Waals surface area contributed by atoms with Crippen LogP contribution >= 0.6 is 0 Å². The van der Waals surface area contributed by atoms with E-state index in [1.54, 1.807) is 6.08 Å². The Morgan fingerprint density at radius 1 is 1.33 bits per heavy atom. The fourth-order valence-corrected chi connectivity index (χ4v) is 1.94. The van der Waals surface area contributed by atoms with Crippen LogP contribution < -0.4 is 0 Å². The molecular formula is C16H15NO. The van der Waals surface area contributed by atoms with E-state index in [-0.39, 0.29) is 0 Å². The number of hydrogen-bond acceptors (Lipinski definition) is 1. The Kier molecular flexibility index (Phi) is 3.58. The molecule has 2 rings (SSSR count). The molecule has 0 aliphatic carbocycles. The second-order valence-corrected chi connectivity index (χ2v) is 3.93. The maximum Gasteiger partial charge on any atom is 0.150 e. The number of carbonyl (C=O) groups excluding carboxylic acids is 1. The lowest BCUT2D eigenvalue weighted by Crippen LogP contribution is -1.92. The highest BCUT2D eigenvalue weighted by Crippen LogP contribution is 2.21. The van der Waals surface area contributed by atoms with E-state index in [9.17, 15) is 4.79 Å². The van der Waals surface area contributed by atoms with Crippen molar-refractivity contribution in [1.29, 1.82) is 0 Å². The van der Waals surface area contributed by atoms with Crippen LogP contribution in [0, 0.1) is 0 Å². The van der Waals surface area contributed by atoms with Crippen LogP contribution in [0.4, 0.5) is 0 Å². The van der Waals surface area contributed by atoms with Gasteiger partial charge < -0.3 is 4.57 Å². The number of hydrogen-bond donors (Lipinski definition) is 0. The molecule has 0 spiro atoms. The molecule has 0 radical (unpaired) electrons. The number of nitrogens with zero attached hydrogens (tertiary/aromatic N) is 1. The fraction of sp³-hybridized carbons (Fsp3) is 0.0625. The molecule has 0 saturated heterocycles. The zero-order valence-corrected chi connectivity index (χ0v) is 10.3. The monoisotopic (exact) mass is 237 g/mol. The number of carbonyl (C=O) groups is 1. The molecule has 0 N–H and O–H groups in total. The van der Waals surface area contributed by atoms with Crippen molar-refractivity contribution in [2.24, 2.45) is 0 Å². The van der Waals surface area contributed by atoms with Gasteiger partial charge in [0.05, 0.1) is 5.52 Å². The van der Waals surface area contributed by atoms with Gasteiger partial charge in [-0.05, 0) is 37.3 Å². The topological polar surface area (TPSA) is 22.0 Å². The highest BCUT2D eigenvalue weighted by atomic mass is 16.1. The van der Waals surface area contributed by atoms with Gasteiger partial charge in [0.1, 0.15) is 6.29 Å². The zero-order chi connectivity index (χ0) is 13.0. The number of aldehydes is 1. The van der Waals surface area contributed by atoms with Crippen molar-refractivity contribution >= 4 is 22.9 Å². The van der Waals surface area contributed by atoms with Crippen molar-refractivity contribution in [2.45, 2.75) is 6.92 Å². The van der Waals surface area contributed by atoms with E-state index in [0.717, 1.165) is 22.9 Å². The zero-order valence-electron chi connectivity index (χ0n) is 10.3. The minimum absolute atomic E-state index is 0.698. The van der Waals surface area contributed by atoms with E-state index in [2.05, 4.69) is 11.1 Å². The first-order valence-electron chi connectivity index (χ1n) is 5.82. The molecule has 0 unspecified atom stereocenters. The molecule has 0 aliphatic rings. The first-order valence-corrected chi connectivity index (χ1v) is 5.82. The summed E-state index contributed by atoms with van der Waals surface area (Å²) in [5, 5.41) is 1.06. The van der Waals surface area contributed by atoms with Crippen molar-refractivity contribution in [3.63, 3.8) is 0 Å². The van der Waals surface area contributed by atoms with Gasteiger partial charge in [-0.15, -0.1) is 0 Å². The molecular weight excluding hydrogens is 222 g/mol. The van der Waals surface area contributed by atoms with Crippen LogP contribution in [-0.4, -0.2) is 10.9 Å². The fourth-order valence-electron chi connectivity index (χ4n) is 1.94. The minimum atomic E-state index is 0.698. The SMILES string of the molecule is C=C/C=C\C(=C/C)n1ccc2cc(C=O)ccc21. The van der Waals surface area contributed by atoms with E-state index in [1.165, 1.54) is 0 Å². The summed E-state index contributed by atoms with van der Waals surface area (Å²) in [6.07, 6.45) is 10.6. The van der Waals surface area contributed by atoms with Gasteiger partial charge in [0, 0.05) is 22.8 Å². The van der Waals surface area contributed by atoms with Crippen LogP contribution in [0.1, 0.15) is 17.3 Å². The van der Waals surface area contributed by atoms with Gasteiger partial charge in [-0.3, -0.25) is 4.79 Å². The van der Waals surface area contributed by atoms with Crippen molar-refractivity contribution in [3.8, 4) is 0 Å². The Bertz CT molecular complexity index is 644. The third-order valence-electron chi connectivity index (χ3n) is 2.83. The molecule has 2 aromatic rings. The molecule has 90 valence electrons. The average Bonchev–Trinajstić information content (AvgIpc) is 2.83. The van der Waals surface area contributed by atoms with Crippen molar-refractivity contribution in [3.05, 3.63) is 66.9 Å². The predicted octanol–water partition coefficient (Wildman–Crippen LogP) is 4.06. The standard InChI is InChI=1S/C16H15NO/c1-3-5-6-15(4-2)17-10-9-14-11-13(12-18)7-8-16(14)17/h3-12H,1H2,2H3/b6-5-,15-4+. The molecule has 0 amide bonds. The third kappa shape index (κ3) is 2.18. The van der Waals surface area contributed by atoms with Gasteiger partial charge in [-0.2, -0.15) is 0 Å². The average molecular weight is 237 g/mol. The number of allylic oxidation sites excluding steroid dienone is 5. The minimum Gasteiger partial charge on any atom is -0.317 e. The normalized spacial score (nSPS) is 12.2. The highest BCUT2D eigenvalue weighted by Gasteiger charge is 2.03. The van der Waals surface area contributed by atoms with Crippen LogP contribution in [0.25, 0.3) is 16.6 Å². The smallest absolute Gasteiger partial charge is 0.150 e. The van der Waals surface area contributed by atoms with E-state index >= 15 is 0 Å². The van der Waals surface area contributed by atoms with Gasteiger partial charge in [0.25, 0.3) is 0 Å². The van der Waals surface area contributed by atoms with Crippen LogP contribution in [0.5, 0.6) is 0 Å². The van der Waals surface area contributed by atoms with Gasteiger partial charge in [-0.1, -0.05) is 24.8 Å². The molecule has 0 atom stereocenters. The molecule has 1 aromatic carbocycles. The number of benzene rings is 1. The molecule has 1 heterocycles. The lowest BCUT2D eigenvalue weighted by molar-refractivity contribution is 0.112. The molecule has 2 nitrogen and oxygen atoms in total. The third-order valence-corrected chi connectivity index (χ3v) is 2.83. The molecule has 0 bridgehead atoms. The van der Waals surface area contributed by atoms with E-state index in [0.29, 0.717) is 5.56 Å². The first-order chi connectivity index (χ1) is 8.80. The second-order valence-electron chi connectivity index (χ2n) is 3.93. The molecule has 18 heavy (non-hydrogen) atoms. The van der Waals surface area contributed by atoms with Gasteiger partial charge in [0.2, 0.25) is 0 Å². The summed E-state index contributed by atoms with van der Waals surface area (Å²) in [7, 11) is 0. The lowest BCUT2D eigenvalue weighted by atomic mass is 10.2. The molecule has 0 fully saturated rings. The van der Waals surface area contributed by atoms with E-state index in [1.807, 2.05) is 55.6 Å². The molecule has 0 saturated carbocycles. The maximum absolute atomic E-state index is 10.7. The quantitative estimate of drug-likeness (QED) is 0.580. The molecule has 1 aromatic heterocycles.